The molecule has 0 saturated heterocycles. The van der Waals surface area contributed by atoms with Crippen LogP contribution in [0, 0.1) is 0 Å². The number of rotatable bonds is 4. The first-order valence-electron chi connectivity index (χ1n) is 4.00. The van der Waals surface area contributed by atoms with Gasteiger partial charge in [-0.25, -0.2) is 4.68 Å². The minimum atomic E-state index is -0.269. The number of aromatic nitrogens is 2. The number of nitrogens with zero attached hydrogens (tertiary/aromatic N) is 2. The monoisotopic (exact) mass is 234 g/mol. The van der Waals surface area contributed by atoms with E-state index in [1.165, 1.54) is 16.4 Å². The Morgan fingerprint density at radius 2 is 2.43 bits per heavy atom. The molecule has 0 unspecified atom stereocenters. The molecule has 0 bridgehead atoms. The van der Waals surface area contributed by atoms with E-state index in [2.05, 4.69) is 5.10 Å². The third kappa shape index (κ3) is 2.73. The molecule has 0 N–H and O–H groups in total. The van der Waals surface area contributed by atoms with Crippen LogP contribution in [0.3, 0.4) is 0 Å². The van der Waals surface area contributed by atoms with Crippen molar-refractivity contribution in [3.63, 3.8) is 0 Å². The molecule has 0 spiro atoms. The summed E-state index contributed by atoms with van der Waals surface area (Å²) < 4.78 is 6.10. The van der Waals surface area contributed by atoms with Gasteiger partial charge in [-0.15, -0.1) is 11.8 Å². The summed E-state index contributed by atoms with van der Waals surface area (Å²) in [5.74, 6) is 0.755. The lowest BCUT2D eigenvalue weighted by Crippen LogP contribution is -2.20. The highest BCUT2D eigenvalue weighted by Crippen LogP contribution is 2.22. The first-order valence-corrected chi connectivity index (χ1v) is 5.36. The fourth-order valence-corrected chi connectivity index (χ4v) is 1.97. The Morgan fingerprint density at radius 1 is 1.71 bits per heavy atom. The van der Waals surface area contributed by atoms with Crippen molar-refractivity contribution in [2.75, 3.05) is 19.5 Å². The summed E-state index contributed by atoms with van der Waals surface area (Å²) in [6, 6.07) is 0. The van der Waals surface area contributed by atoms with E-state index in [9.17, 15) is 4.79 Å². The molecule has 78 valence electrons. The second kappa shape index (κ2) is 5.38. The number of halogens is 1. The third-order valence-electron chi connectivity index (χ3n) is 1.59. The molecule has 6 heteroatoms. The predicted octanol–water partition coefficient (Wildman–Crippen LogP) is 1.17. The summed E-state index contributed by atoms with van der Waals surface area (Å²) in [5, 5.41) is 4.10. The van der Waals surface area contributed by atoms with E-state index in [0.29, 0.717) is 11.5 Å². The van der Waals surface area contributed by atoms with Crippen LogP contribution in [-0.2, 0) is 11.8 Å². The van der Waals surface area contributed by atoms with Crippen LogP contribution >= 0.6 is 23.4 Å². The van der Waals surface area contributed by atoms with Crippen LogP contribution in [0.25, 0.3) is 0 Å². The molecule has 1 rings (SSSR count). The average Bonchev–Trinajstić information content (AvgIpc) is 2.18. The van der Waals surface area contributed by atoms with Gasteiger partial charge in [-0.1, -0.05) is 11.6 Å². The smallest absolute Gasteiger partial charge is 0.286 e. The molecule has 1 heterocycles. The van der Waals surface area contributed by atoms with Crippen LogP contribution in [0.15, 0.2) is 15.9 Å². The quantitative estimate of drug-likeness (QED) is 0.580. The standard InChI is InChI=1S/C8H11ClN2O2S/c1-11-8(12)7(9)6(5-10-11)14-4-3-13-2/h5H,3-4H2,1-2H3. The van der Waals surface area contributed by atoms with Crippen LogP contribution in [-0.4, -0.2) is 29.3 Å². The van der Waals surface area contributed by atoms with E-state index in [1.54, 1.807) is 20.4 Å². The Morgan fingerprint density at radius 3 is 3.07 bits per heavy atom. The van der Waals surface area contributed by atoms with Crippen molar-refractivity contribution in [3.05, 3.63) is 21.6 Å². The highest BCUT2D eigenvalue weighted by atomic mass is 35.5. The molecule has 0 saturated carbocycles. The van der Waals surface area contributed by atoms with Gasteiger partial charge in [0.05, 0.1) is 17.7 Å². The summed E-state index contributed by atoms with van der Waals surface area (Å²) in [7, 11) is 3.20. The Labute approximate surface area is 91.2 Å². The maximum absolute atomic E-state index is 11.3. The number of hydrogen-bond acceptors (Lipinski definition) is 4. The molecule has 14 heavy (non-hydrogen) atoms. The van der Waals surface area contributed by atoms with E-state index < -0.39 is 0 Å². The predicted molar refractivity (Wildman–Crippen MR) is 57.1 cm³/mol. The van der Waals surface area contributed by atoms with E-state index in [1.807, 2.05) is 0 Å². The third-order valence-corrected chi connectivity index (χ3v) is 3.06. The Bertz CT molecular complexity index is 367. The van der Waals surface area contributed by atoms with Gasteiger partial charge in [-0.2, -0.15) is 5.10 Å². The second-order valence-electron chi connectivity index (χ2n) is 2.59. The number of thioether (sulfide) groups is 1. The maximum atomic E-state index is 11.3. The van der Waals surface area contributed by atoms with E-state index in [4.69, 9.17) is 16.3 Å². The van der Waals surface area contributed by atoms with Crippen LogP contribution in [0.5, 0.6) is 0 Å². The number of ether oxygens (including phenoxy) is 1. The van der Waals surface area contributed by atoms with Crippen molar-refractivity contribution in [3.8, 4) is 0 Å². The largest absolute Gasteiger partial charge is 0.384 e. The SMILES string of the molecule is COCCSc1cnn(C)c(=O)c1Cl. The minimum Gasteiger partial charge on any atom is -0.384 e. The topological polar surface area (TPSA) is 44.1 Å². The van der Waals surface area contributed by atoms with Gasteiger partial charge in [-0.05, 0) is 0 Å². The molecule has 1 aromatic heterocycles. The molecule has 0 fully saturated rings. The molecule has 1 aromatic rings. The fraction of sp³-hybridized carbons (Fsp3) is 0.500. The Hall–Kier alpha value is -0.520. The van der Waals surface area contributed by atoms with Crippen LogP contribution in [0.1, 0.15) is 0 Å². The Kier molecular flexibility index (Phi) is 4.44. The number of methoxy groups -OCH3 is 1. The van der Waals surface area contributed by atoms with E-state index in [0.717, 1.165) is 5.75 Å². The van der Waals surface area contributed by atoms with Crippen molar-refractivity contribution in [1.82, 2.24) is 9.78 Å². The zero-order valence-corrected chi connectivity index (χ0v) is 9.56. The summed E-state index contributed by atoms with van der Waals surface area (Å²) in [5.41, 5.74) is -0.269. The summed E-state index contributed by atoms with van der Waals surface area (Å²) in [4.78, 5) is 12.0. The number of aryl methyl sites for hydroxylation is 1. The van der Waals surface area contributed by atoms with Crippen molar-refractivity contribution in [2.24, 2.45) is 7.05 Å². The summed E-state index contributed by atoms with van der Waals surface area (Å²) >= 11 is 7.30. The van der Waals surface area contributed by atoms with Gasteiger partial charge in [0.2, 0.25) is 0 Å². The zero-order chi connectivity index (χ0) is 10.6. The molecule has 4 nitrogen and oxygen atoms in total. The molecule has 0 amide bonds. The van der Waals surface area contributed by atoms with Crippen LogP contribution in [0.2, 0.25) is 5.02 Å². The maximum Gasteiger partial charge on any atom is 0.286 e. The first-order chi connectivity index (χ1) is 6.66. The molecule has 0 aromatic carbocycles. The molecule has 0 aliphatic rings. The Balaban J connectivity index is 2.79. The van der Waals surface area contributed by atoms with Crippen LogP contribution in [0.4, 0.5) is 0 Å². The van der Waals surface area contributed by atoms with Gasteiger partial charge in [0.1, 0.15) is 5.02 Å². The average molecular weight is 235 g/mol. The molecular weight excluding hydrogens is 224 g/mol. The second-order valence-corrected chi connectivity index (χ2v) is 4.11. The number of hydrogen-bond donors (Lipinski definition) is 0. The minimum absolute atomic E-state index is 0.226. The van der Waals surface area contributed by atoms with Crippen molar-refractivity contribution in [2.45, 2.75) is 4.90 Å². The van der Waals surface area contributed by atoms with Crippen molar-refractivity contribution >= 4 is 23.4 Å². The van der Waals surface area contributed by atoms with Gasteiger partial charge in [-0.3, -0.25) is 4.79 Å². The lowest BCUT2D eigenvalue weighted by atomic mass is 10.6. The summed E-state index contributed by atoms with van der Waals surface area (Å²) in [6.45, 7) is 0.621. The van der Waals surface area contributed by atoms with Crippen molar-refractivity contribution in [1.29, 1.82) is 0 Å². The van der Waals surface area contributed by atoms with Gasteiger partial charge < -0.3 is 4.74 Å². The fourth-order valence-electron chi connectivity index (χ4n) is 0.831. The van der Waals surface area contributed by atoms with E-state index in [-0.39, 0.29) is 10.6 Å². The lowest BCUT2D eigenvalue weighted by molar-refractivity contribution is 0.218. The van der Waals surface area contributed by atoms with Gasteiger partial charge in [0.25, 0.3) is 5.56 Å². The van der Waals surface area contributed by atoms with Gasteiger partial charge in [0, 0.05) is 19.9 Å². The zero-order valence-electron chi connectivity index (χ0n) is 7.99. The molecule has 0 aliphatic carbocycles. The molecule has 0 radical (unpaired) electrons. The normalized spacial score (nSPS) is 10.5. The van der Waals surface area contributed by atoms with E-state index >= 15 is 0 Å². The van der Waals surface area contributed by atoms with Gasteiger partial charge >= 0.3 is 0 Å². The first kappa shape index (κ1) is 11.6. The molecule has 0 aliphatic heterocycles. The summed E-state index contributed by atoms with van der Waals surface area (Å²) in [6.07, 6.45) is 1.59. The lowest BCUT2D eigenvalue weighted by Gasteiger charge is -2.03. The highest BCUT2D eigenvalue weighted by Gasteiger charge is 2.06. The van der Waals surface area contributed by atoms with Crippen molar-refractivity contribution < 1.29 is 4.74 Å². The molecular formula is C8H11ClN2O2S. The van der Waals surface area contributed by atoms with Gasteiger partial charge in [0.15, 0.2) is 0 Å². The van der Waals surface area contributed by atoms with Crippen LogP contribution < -0.4 is 5.56 Å². The molecule has 0 atom stereocenters. The highest BCUT2D eigenvalue weighted by molar-refractivity contribution is 7.99.